The van der Waals surface area contributed by atoms with Crippen LogP contribution in [0.5, 0.6) is 0 Å². The van der Waals surface area contributed by atoms with E-state index in [4.69, 9.17) is 0 Å². The van der Waals surface area contributed by atoms with Crippen LogP contribution in [0.25, 0.3) is 0 Å². The Morgan fingerprint density at radius 2 is 1.72 bits per heavy atom. The number of nitrogens with zero attached hydrogens (tertiary/aromatic N) is 4. The van der Waals surface area contributed by atoms with Crippen molar-refractivity contribution in [2.75, 3.05) is 37.6 Å². The fourth-order valence-corrected chi connectivity index (χ4v) is 3.00. The van der Waals surface area contributed by atoms with Crippen LogP contribution in [0.15, 0.2) is 36.4 Å². The minimum atomic E-state index is -4.54. The summed E-state index contributed by atoms with van der Waals surface area (Å²) in [6.45, 7) is 2.60. The van der Waals surface area contributed by atoms with Gasteiger partial charge in [0.2, 0.25) is 5.91 Å². The second-order valence-electron chi connectivity index (χ2n) is 6.57. The van der Waals surface area contributed by atoms with Gasteiger partial charge in [0.15, 0.2) is 0 Å². The average Bonchev–Trinajstić information content (AvgIpc) is 2.71. The van der Waals surface area contributed by atoms with Crippen LogP contribution < -0.4 is 10.2 Å². The van der Waals surface area contributed by atoms with E-state index in [1.54, 1.807) is 40.1 Å². The lowest BCUT2D eigenvalue weighted by Gasteiger charge is -2.35. The Kier molecular flexibility index (Phi) is 6.00. The quantitative estimate of drug-likeness (QED) is 0.838. The number of hydrogen-bond acceptors (Lipinski definition) is 5. The molecule has 0 bridgehead atoms. The van der Waals surface area contributed by atoms with Gasteiger partial charge in [-0.2, -0.15) is 13.2 Å². The van der Waals surface area contributed by atoms with Crippen LogP contribution in [0.1, 0.15) is 21.9 Å². The van der Waals surface area contributed by atoms with E-state index in [1.165, 1.54) is 6.92 Å². The van der Waals surface area contributed by atoms with Crippen LogP contribution >= 0.6 is 0 Å². The second-order valence-corrected chi connectivity index (χ2v) is 6.57. The lowest BCUT2D eigenvalue weighted by atomic mass is 10.2. The van der Waals surface area contributed by atoms with Crippen LogP contribution in [0, 0.1) is 6.92 Å². The maximum atomic E-state index is 13.0. The summed E-state index contributed by atoms with van der Waals surface area (Å²) in [5, 5.41) is 2.58. The highest BCUT2D eigenvalue weighted by atomic mass is 19.4. The second kappa shape index (κ2) is 8.46. The van der Waals surface area contributed by atoms with E-state index in [2.05, 4.69) is 15.3 Å². The highest BCUT2D eigenvalue weighted by Crippen LogP contribution is 2.29. The number of rotatable bonds is 4. The Hall–Kier alpha value is -3.17. The number of anilines is 1. The maximum Gasteiger partial charge on any atom is 0.433 e. The molecule has 1 aromatic carbocycles. The molecule has 1 N–H and O–H groups in total. The van der Waals surface area contributed by atoms with E-state index in [0.29, 0.717) is 31.7 Å². The molecule has 2 amide bonds. The van der Waals surface area contributed by atoms with Gasteiger partial charge >= 0.3 is 6.18 Å². The minimum Gasteiger partial charge on any atom is -0.353 e. The van der Waals surface area contributed by atoms with Crippen molar-refractivity contribution < 1.29 is 22.8 Å². The maximum absolute atomic E-state index is 13.0. The van der Waals surface area contributed by atoms with E-state index in [-0.39, 0.29) is 30.0 Å². The van der Waals surface area contributed by atoms with Gasteiger partial charge in [-0.05, 0) is 19.1 Å². The number of halogens is 3. The van der Waals surface area contributed by atoms with Crippen LogP contribution in [-0.4, -0.2) is 59.4 Å². The Balaban J connectivity index is 1.54. The van der Waals surface area contributed by atoms with Crippen molar-refractivity contribution >= 4 is 17.6 Å². The molecule has 3 rings (SSSR count). The molecular formula is C19H20F3N5O2. The van der Waals surface area contributed by atoms with Crippen LogP contribution in [0.3, 0.4) is 0 Å². The number of benzene rings is 1. The largest absolute Gasteiger partial charge is 0.433 e. The molecule has 1 aliphatic rings. The van der Waals surface area contributed by atoms with Crippen molar-refractivity contribution in [1.29, 1.82) is 0 Å². The van der Waals surface area contributed by atoms with Crippen LogP contribution in [0.4, 0.5) is 19.0 Å². The standard InChI is InChI=1S/C19H20F3N5O2/c1-13-24-15(19(20,21)22)11-16(25-13)26-7-9-27(10-8-26)17(28)12-23-18(29)14-5-3-2-4-6-14/h2-6,11H,7-10,12H2,1H3,(H,23,29). The molecule has 0 aliphatic carbocycles. The average molecular weight is 407 g/mol. The molecular weight excluding hydrogens is 387 g/mol. The number of nitrogens with one attached hydrogen (secondary N) is 1. The molecule has 1 saturated heterocycles. The lowest BCUT2D eigenvalue weighted by molar-refractivity contribution is -0.141. The third-order valence-corrected chi connectivity index (χ3v) is 4.51. The van der Waals surface area contributed by atoms with E-state index >= 15 is 0 Å². The highest BCUT2D eigenvalue weighted by molar-refractivity contribution is 5.96. The number of aromatic nitrogens is 2. The molecule has 0 unspecified atom stereocenters. The van der Waals surface area contributed by atoms with E-state index < -0.39 is 11.9 Å². The third kappa shape index (κ3) is 5.21. The van der Waals surface area contributed by atoms with Crippen molar-refractivity contribution in [3.05, 3.63) is 53.5 Å². The number of piperazine rings is 1. The molecule has 154 valence electrons. The van der Waals surface area contributed by atoms with Crippen molar-refractivity contribution in [2.24, 2.45) is 0 Å². The van der Waals surface area contributed by atoms with Gasteiger partial charge in [0.25, 0.3) is 5.91 Å². The predicted molar refractivity (Wildman–Crippen MR) is 99.3 cm³/mol. The van der Waals surface area contributed by atoms with Gasteiger partial charge in [-0.25, -0.2) is 9.97 Å². The van der Waals surface area contributed by atoms with Gasteiger partial charge in [0, 0.05) is 37.8 Å². The number of alkyl halides is 3. The Morgan fingerprint density at radius 1 is 1.07 bits per heavy atom. The van der Waals surface area contributed by atoms with Crippen molar-refractivity contribution in [3.63, 3.8) is 0 Å². The molecule has 2 heterocycles. The van der Waals surface area contributed by atoms with Crippen molar-refractivity contribution in [3.8, 4) is 0 Å². The highest BCUT2D eigenvalue weighted by Gasteiger charge is 2.34. The van der Waals surface area contributed by atoms with Gasteiger partial charge in [0.1, 0.15) is 17.3 Å². The van der Waals surface area contributed by atoms with Crippen LogP contribution in [0.2, 0.25) is 0 Å². The first-order valence-electron chi connectivity index (χ1n) is 9.03. The molecule has 0 radical (unpaired) electrons. The van der Waals surface area contributed by atoms with Gasteiger partial charge in [-0.1, -0.05) is 18.2 Å². The number of aryl methyl sites for hydroxylation is 1. The minimum absolute atomic E-state index is 0.0388. The molecule has 1 fully saturated rings. The molecule has 1 aromatic heterocycles. The number of carbonyl (C=O) groups is 2. The smallest absolute Gasteiger partial charge is 0.353 e. The summed E-state index contributed by atoms with van der Waals surface area (Å²) >= 11 is 0. The fraction of sp³-hybridized carbons (Fsp3) is 0.368. The zero-order valence-electron chi connectivity index (χ0n) is 15.7. The third-order valence-electron chi connectivity index (χ3n) is 4.51. The molecule has 1 aliphatic heterocycles. The monoisotopic (exact) mass is 407 g/mol. The van der Waals surface area contributed by atoms with Crippen molar-refractivity contribution in [1.82, 2.24) is 20.2 Å². The molecule has 10 heteroatoms. The SMILES string of the molecule is Cc1nc(N2CCN(C(=O)CNC(=O)c3ccccc3)CC2)cc(C(F)(F)F)n1. The number of hydrogen-bond donors (Lipinski definition) is 1. The zero-order chi connectivity index (χ0) is 21.0. The van der Waals surface area contributed by atoms with E-state index in [1.807, 2.05) is 0 Å². The van der Waals surface area contributed by atoms with Gasteiger partial charge < -0.3 is 15.1 Å². The van der Waals surface area contributed by atoms with Gasteiger partial charge in [-0.3, -0.25) is 9.59 Å². The summed E-state index contributed by atoms with van der Waals surface area (Å²) in [7, 11) is 0. The van der Waals surface area contributed by atoms with Crippen LogP contribution in [-0.2, 0) is 11.0 Å². The summed E-state index contributed by atoms with van der Waals surface area (Å²) in [5.74, 6) is -0.358. The van der Waals surface area contributed by atoms with E-state index in [0.717, 1.165) is 6.07 Å². The Bertz CT molecular complexity index is 881. The zero-order valence-corrected chi connectivity index (χ0v) is 15.7. The summed E-state index contributed by atoms with van der Waals surface area (Å²) in [6, 6.07) is 9.47. The topological polar surface area (TPSA) is 78.4 Å². The number of amides is 2. The molecule has 7 nitrogen and oxygen atoms in total. The van der Waals surface area contributed by atoms with Gasteiger partial charge in [0.05, 0.1) is 6.54 Å². The Labute approximate surface area is 165 Å². The predicted octanol–water partition coefficient (Wildman–Crippen LogP) is 1.88. The molecule has 29 heavy (non-hydrogen) atoms. The molecule has 0 saturated carbocycles. The first kappa shape index (κ1) is 20.6. The summed E-state index contributed by atoms with van der Waals surface area (Å²) in [6.07, 6.45) is -4.54. The van der Waals surface area contributed by atoms with E-state index in [9.17, 15) is 22.8 Å². The first-order valence-corrected chi connectivity index (χ1v) is 9.03. The first-order chi connectivity index (χ1) is 13.7. The lowest BCUT2D eigenvalue weighted by Crippen LogP contribution is -2.51. The Morgan fingerprint density at radius 3 is 2.34 bits per heavy atom. The fourth-order valence-electron chi connectivity index (χ4n) is 3.00. The molecule has 0 spiro atoms. The normalized spacial score (nSPS) is 14.6. The summed E-state index contributed by atoms with van der Waals surface area (Å²) in [4.78, 5) is 35.1. The van der Waals surface area contributed by atoms with Crippen molar-refractivity contribution in [2.45, 2.75) is 13.1 Å². The molecule has 2 aromatic rings. The van der Waals surface area contributed by atoms with Gasteiger partial charge in [-0.15, -0.1) is 0 Å². The summed E-state index contributed by atoms with van der Waals surface area (Å²) < 4.78 is 38.9. The number of carbonyl (C=O) groups excluding carboxylic acids is 2. The molecule has 0 atom stereocenters. The summed E-state index contributed by atoms with van der Waals surface area (Å²) in [5.41, 5.74) is -0.521.